The first kappa shape index (κ1) is 18.3. The van der Waals surface area contributed by atoms with Crippen molar-refractivity contribution in [3.63, 3.8) is 0 Å². The molecule has 0 aliphatic heterocycles. The zero-order valence-corrected chi connectivity index (χ0v) is 13.4. The summed E-state index contributed by atoms with van der Waals surface area (Å²) >= 11 is 0. The average Bonchev–Trinajstić information content (AvgIpc) is 2.70. The summed E-state index contributed by atoms with van der Waals surface area (Å²) in [4.78, 5) is 13.1. The van der Waals surface area contributed by atoms with Gasteiger partial charge in [0.25, 0.3) is 0 Å². The maximum atomic E-state index is 13.0. The van der Waals surface area contributed by atoms with Crippen molar-refractivity contribution in [3.05, 3.63) is 17.5 Å². The molecule has 1 heterocycles. The molecule has 0 spiro atoms. The number of amides is 2. The fraction of sp³-hybridized carbons (Fsp3) is 0.714. The first-order valence-corrected chi connectivity index (χ1v) is 6.89. The summed E-state index contributed by atoms with van der Waals surface area (Å²) < 4.78 is 44.0. The van der Waals surface area contributed by atoms with Gasteiger partial charge in [0.05, 0.1) is 6.54 Å². The van der Waals surface area contributed by atoms with E-state index in [1.807, 2.05) is 5.32 Å². The van der Waals surface area contributed by atoms with Crippen LogP contribution in [-0.4, -0.2) is 35.4 Å². The molecule has 0 saturated carbocycles. The van der Waals surface area contributed by atoms with Crippen molar-refractivity contribution in [1.82, 2.24) is 15.4 Å². The Morgan fingerprint density at radius 1 is 1.41 bits per heavy atom. The van der Waals surface area contributed by atoms with Gasteiger partial charge in [0.15, 0.2) is 0 Å². The fourth-order valence-corrected chi connectivity index (χ4v) is 1.93. The summed E-state index contributed by atoms with van der Waals surface area (Å²) in [6.45, 7) is 6.85. The summed E-state index contributed by atoms with van der Waals surface area (Å²) in [6.07, 6.45) is -4.69. The number of rotatable bonds is 4. The highest BCUT2D eigenvalue weighted by atomic mass is 19.4. The van der Waals surface area contributed by atoms with Gasteiger partial charge in [0.1, 0.15) is 17.5 Å². The summed E-state index contributed by atoms with van der Waals surface area (Å²) in [5.74, 6) is 0.574. The molecular formula is C14H22F3N3O2. The van der Waals surface area contributed by atoms with Crippen LogP contribution in [-0.2, 0) is 6.54 Å². The fourth-order valence-electron chi connectivity index (χ4n) is 1.93. The van der Waals surface area contributed by atoms with Crippen molar-refractivity contribution >= 4 is 6.03 Å². The van der Waals surface area contributed by atoms with E-state index in [1.54, 1.807) is 33.8 Å². The maximum Gasteiger partial charge on any atom is 0.408 e. The van der Waals surface area contributed by atoms with Gasteiger partial charge in [0.2, 0.25) is 0 Å². The molecule has 5 nitrogen and oxygen atoms in total. The van der Waals surface area contributed by atoms with Gasteiger partial charge in [-0.25, -0.2) is 4.79 Å². The minimum atomic E-state index is -4.49. The Kier molecular flexibility index (Phi) is 5.48. The predicted octanol–water partition coefficient (Wildman–Crippen LogP) is 3.49. The third kappa shape index (κ3) is 5.95. The second-order valence-corrected chi connectivity index (χ2v) is 6.59. The number of carbonyl (C=O) groups is 1. The molecule has 1 rings (SSSR count). The highest BCUT2D eigenvalue weighted by Gasteiger charge is 2.43. The lowest BCUT2D eigenvalue weighted by Gasteiger charge is -2.30. The van der Waals surface area contributed by atoms with Crippen LogP contribution in [0, 0.1) is 12.3 Å². The molecule has 0 radical (unpaired) electrons. The largest absolute Gasteiger partial charge is 0.408 e. The van der Waals surface area contributed by atoms with Crippen LogP contribution in [0.25, 0.3) is 0 Å². The Bertz CT molecular complexity index is 506. The van der Waals surface area contributed by atoms with E-state index in [1.165, 1.54) is 7.05 Å². The number of halogens is 3. The van der Waals surface area contributed by atoms with Crippen molar-refractivity contribution in [3.8, 4) is 0 Å². The molecule has 0 saturated heterocycles. The lowest BCUT2D eigenvalue weighted by Crippen LogP contribution is -2.51. The van der Waals surface area contributed by atoms with Crippen molar-refractivity contribution in [2.75, 3.05) is 7.05 Å². The van der Waals surface area contributed by atoms with Crippen LogP contribution in [0.5, 0.6) is 0 Å². The number of carbonyl (C=O) groups excluding carboxylic acids is 1. The molecule has 0 aromatic carbocycles. The van der Waals surface area contributed by atoms with Crippen LogP contribution >= 0.6 is 0 Å². The molecule has 126 valence electrons. The maximum absolute atomic E-state index is 13.0. The summed E-state index contributed by atoms with van der Waals surface area (Å²) in [6, 6.07) is -1.06. The minimum absolute atomic E-state index is 0.0727. The number of nitrogens with zero attached hydrogens (tertiary/aromatic N) is 2. The van der Waals surface area contributed by atoms with E-state index < -0.39 is 23.7 Å². The van der Waals surface area contributed by atoms with Crippen LogP contribution < -0.4 is 5.32 Å². The number of aromatic nitrogens is 1. The van der Waals surface area contributed by atoms with Crippen molar-refractivity contribution in [2.24, 2.45) is 5.41 Å². The Morgan fingerprint density at radius 2 is 2.00 bits per heavy atom. The molecule has 1 atom stereocenters. The minimum Gasteiger partial charge on any atom is -0.361 e. The molecule has 2 amide bonds. The molecule has 1 N–H and O–H groups in total. The van der Waals surface area contributed by atoms with Gasteiger partial charge in [-0.15, -0.1) is 0 Å². The Morgan fingerprint density at radius 3 is 2.41 bits per heavy atom. The number of aryl methyl sites for hydroxylation is 1. The van der Waals surface area contributed by atoms with Crippen molar-refractivity contribution < 1.29 is 22.5 Å². The second-order valence-electron chi connectivity index (χ2n) is 6.59. The van der Waals surface area contributed by atoms with Crippen LogP contribution in [0.1, 0.15) is 38.6 Å². The zero-order valence-electron chi connectivity index (χ0n) is 13.4. The van der Waals surface area contributed by atoms with E-state index in [-0.39, 0.29) is 13.0 Å². The number of urea groups is 1. The Balaban J connectivity index is 2.69. The highest BCUT2D eigenvalue weighted by Crippen LogP contribution is 2.30. The topological polar surface area (TPSA) is 58.4 Å². The molecule has 1 aromatic heterocycles. The third-order valence-corrected chi connectivity index (χ3v) is 2.93. The van der Waals surface area contributed by atoms with E-state index in [9.17, 15) is 18.0 Å². The quantitative estimate of drug-likeness (QED) is 0.923. The lowest BCUT2D eigenvalue weighted by molar-refractivity contribution is -0.159. The Labute approximate surface area is 127 Å². The van der Waals surface area contributed by atoms with E-state index in [4.69, 9.17) is 4.52 Å². The molecule has 0 aliphatic rings. The molecule has 22 heavy (non-hydrogen) atoms. The Hall–Kier alpha value is -1.73. The van der Waals surface area contributed by atoms with E-state index in [0.717, 1.165) is 4.90 Å². The number of hydrogen-bond donors (Lipinski definition) is 1. The third-order valence-electron chi connectivity index (χ3n) is 2.93. The molecule has 1 unspecified atom stereocenters. The SMILES string of the molecule is Cc1cc(CN(C)C(=O)NC(CC(C)(C)C)C(F)(F)F)no1. The van der Waals surface area contributed by atoms with Crippen LogP contribution in [0.15, 0.2) is 10.6 Å². The number of alkyl halides is 3. The standard InChI is InChI=1S/C14H22F3N3O2/c1-9-6-10(19-22-9)8-20(5)12(21)18-11(14(15,16)17)7-13(2,3)4/h6,11H,7-8H2,1-5H3,(H,18,21). The molecule has 0 aliphatic carbocycles. The number of nitrogens with one attached hydrogen (secondary N) is 1. The zero-order chi connectivity index (χ0) is 17.1. The van der Waals surface area contributed by atoms with Gasteiger partial charge in [-0.3, -0.25) is 0 Å². The van der Waals surface area contributed by atoms with E-state index >= 15 is 0 Å². The van der Waals surface area contributed by atoms with Crippen LogP contribution in [0.4, 0.5) is 18.0 Å². The molecule has 1 aromatic rings. The molecule has 0 bridgehead atoms. The first-order valence-electron chi connectivity index (χ1n) is 6.89. The van der Waals surface area contributed by atoms with Crippen LogP contribution in [0.3, 0.4) is 0 Å². The van der Waals surface area contributed by atoms with Crippen molar-refractivity contribution in [2.45, 2.75) is 52.9 Å². The molecule has 8 heteroatoms. The number of hydrogen-bond acceptors (Lipinski definition) is 3. The average molecular weight is 321 g/mol. The van der Waals surface area contributed by atoms with E-state index in [2.05, 4.69) is 5.16 Å². The highest BCUT2D eigenvalue weighted by molar-refractivity contribution is 5.74. The monoisotopic (exact) mass is 321 g/mol. The lowest BCUT2D eigenvalue weighted by atomic mass is 9.88. The summed E-state index contributed by atoms with van der Waals surface area (Å²) in [7, 11) is 1.41. The molecule has 0 fully saturated rings. The van der Waals surface area contributed by atoms with Crippen LogP contribution in [0.2, 0.25) is 0 Å². The van der Waals surface area contributed by atoms with Gasteiger partial charge < -0.3 is 14.7 Å². The van der Waals surface area contributed by atoms with Gasteiger partial charge in [-0.2, -0.15) is 13.2 Å². The van der Waals surface area contributed by atoms with Gasteiger partial charge in [-0.1, -0.05) is 25.9 Å². The van der Waals surface area contributed by atoms with Gasteiger partial charge in [0, 0.05) is 13.1 Å². The van der Waals surface area contributed by atoms with Crippen molar-refractivity contribution in [1.29, 1.82) is 0 Å². The smallest absolute Gasteiger partial charge is 0.361 e. The van der Waals surface area contributed by atoms with E-state index in [0.29, 0.717) is 11.5 Å². The first-order chi connectivity index (χ1) is 9.88. The summed E-state index contributed by atoms with van der Waals surface area (Å²) in [5, 5.41) is 5.75. The summed E-state index contributed by atoms with van der Waals surface area (Å²) in [5.41, 5.74) is -0.0792. The normalized spacial score (nSPS) is 13.8. The predicted molar refractivity (Wildman–Crippen MR) is 75.2 cm³/mol. The second kappa shape index (κ2) is 6.58. The molecular weight excluding hydrogens is 299 g/mol. The van der Waals surface area contributed by atoms with Gasteiger partial charge in [-0.05, 0) is 18.8 Å². The van der Waals surface area contributed by atoms with Gasteiger partial charge >= 0.3 is 12.2 Å².